The van der Waals surface area contributed by atoms with Gasteiger partial charge in [0.25, 0.3) is 0 Å². The van der Waals surface area contributed by atoms with Gasteiger partial charge in [-0.2, -0.15) is 0 Å². The van der Waals surface area contributed by atoms with Crippen LogP contribution in [-0.2, 0) is 11.2 Å². The van der Waals surface area contributed by atoms with E-state index in [4.69, 9.17) is 0 Å². The van der Waals surface area contributed by atoms with Crippen LogP contribution in [0.5, 0.6) is 0 Å². The number of anilines is 1. The molecule has 0 spiro atoms. The zero-order valence-electron chi connectivity index (χ0n) is 10.9. The van der Waals surface area contributed by atoms with Crippen molar-refractivity contribution in [1.82, 2.24) is 4.98 Å². The Balaban J connectivity index is 2.11. The average Bonchev–Trinajstić information content (AvgIpc) is 2.75. The molecule has 20 heavy (non-hydrogen) atoms. The Labute approximate surface area is 123 Å². The second-order valence-electron chi connectivity index (χ2n) is 4.01. The number of amides is 1. The minimum atomic E-state index is -0.788. The van der Waals surface area contributed by atoms with Crippen molar-refractivity contribution in [3.05, 3.63) is 40.4 Å². The van der Waals surface area contributed by atoms with E-state index >= 15 is 0 Å². The molecule has 1 amide bonds. The Kier molecular flexibility index (Phi) is 4.72. The van der Waals surface area contributed by atoms with Crippen LogP contribution >= 0.6 is 23.1 Å². The van der Waals surface area contributed by atoms with Crippen molar-refractivity contribution in [2.75, 3.05) is 11.6 Å². The summed E-state index contributed by atoms with van der Waals surface area (Å²) in [5, 5.41) is 2.26. The molecule has 1 aromatic heterocycles. The quantitative estimate of drug-likeness (QED) is 0.876. The summed E-state index contributed by atoms with van der Waals surface area (Å²) in [6.07, 6.45) is 1.95. The topological polar surface area (TPSA) is 42.0 Å². The molecule has 0 saturated heterocycles. The van der Waals surface area contributed by atoms with Crippen molar-refractivity contribution < 1.29 is 13.6 Å². The summed E-state index contributed by atoms with van der Waals surface area (Å²) in [7, 11) is 0. The smallest absolute Gasteiger partial charge is 0.229 e. The SMILES string of the molecule is CSc1nc(C)c(CC(=O)Nc2c(F)cccc2F)s1. The molecule has 0 fully saturated rings. The van der Waals surface area contributed by atoms with Crippen LogP contribution in [0.4, 0.5) is 14.5 Å². The lowest BCUT2D eigenvalue weighted by Crippen LogP contribution is -2.16. The Morgan fingerprint density at radius 3 is 2.60 bits per heavy atom. The van der Waals surface area contributed by atoms with Crippen LogP contribution in [0, 0.1) is 18.6 Å². The van der Waals surface area contributed by atoms with Crippen molar-refractivity contribution in [2.45, 2.75) is 17.7 Å². The number of carbonyl (C=O) groups excluding carboxylic acids is 1. The highest BCUT2D eigenvalue weighted by Gasteiger charge is 2.15. The van der Waals surface area contributed by atoms with E-state index in [1.54, 1.807) is 0 Å². The summed E-state index contributed by atoms with van der Waals surface area (Å²) in [4.78, 5) is 16.9. The number of thioether (sulfide) groups is 1. The summed E-state index contributed by atoms with van der Waals surface area (Å²) in [5.74, 6) is -2.04. The minimum absolute atomic E-state index is 0.0534. The molecule has 0 aliphatic heterocycles. The molecule has 2 aromatic rings. The molecule has 7 heteroatoms. The number of halogens is 2. The molecule has 0 saturated carbocycles. The zero-order chi connectivity index (χ0) is 14.7. The molecule has 1 heterocycles. The largest absolute Gasteiger partial charge is 0.321 e. The third kappa shape index (κ3) is 3.34. The fraction of sp³-hybridized carbons (Fsp3) is 0.231. The average molecular weight is 314 g/mol. The molecule has 1 N–H and O–H groups in total. The molecule has 0 unspecified atom stereocenters. The summed E-state index contributed by atoms with van der Waals surface area (Å²) in [5.41, 5.74) is 0.355. The second kappa shape index (κ2) is 6.32. The number of aromatic nitrogens is 1. The molecule has 106 valence electrons. The van der Waals surface area contributed by atoms with Crippen LogP contribution in [0.2, 0.25) is 0 Å². The van der Waals surface area contributed by atoms with Gasteiger partial charge in [-0.15, -0.1) is 11.3 Å². The van der Waals surface area contributed by atoms with Crippen LogP contribution in [0.15, 0.2) is 22.5 Å². The van der Waals surface area contributed by atoms with Crippen molar-refractivity contribution in [1.29, 1.82) is 0 Å². The Morgan fingerprint density at radius 1 is 1.40 bits per heavy atom. The van der Waals surface area contributed by atoms with Crippen LogP contribution in [-0.4, -0.2) is 17.1 Å². The molecule has 0 aliphatic carbocycles. The molecule has 2 rings (SSSR count). The van der Waals surface area contributed by atoms with Crippen LogP contribution in [0.25, 0.3) is 0 Å². The number of nitrogens with one attached hydrogen (secondary N) is 1. The third-order valence-electron chi connectivity index (χ3n) is 2.60. The van der Waals surface area contributed by atoms with Crippen LogP contribution in [0.1, 0.15) is 10.6 Å². The number of hydrogen-bond donors (Lipinski definition) is 1. The van der Waals surface area contributed by atoms with E-state index in [1.165, 1.54) is 29.2 Å². The predicted octanol–water partition coefficient (Wildman–Crippen LogP) is 3.63. The van der Waals surface area contributed by atoms with E-state index in [-0.39, 0.29) is 6.42 Å². The number of rotatable bonds is 4. The summed E-state index contributed by atoms with van der Waals surface area (Å²) in [6.45, 7) is 1.81. The van der Waals surface area contributed by atoms with Gasteiger partial charge in [0.05, 0.1) is 12.1 Å². The van der Waals surface area contributed by atoms with Crippen LogP contribution in [0.3, 0.4) is 0 Å². The Bertz CT molecular complexity index is 623. The first-order chi connectivity index (χ1) is 9.51. The molecule has 0 bridgehead atoms. The summed E-state index contributed by atoms with van der Waals surface area (Å²) in [6, 6.07) is 3.45. The maximum atomic E-state index is 13.4. The summed E-state index contributed by atoms with van der Waals surface area (Å²) >= 11 is 2.91. The van der Waals surface area contributed by atoms with E-state index in [0.29, 0.717) is 0 Å². The van der Waals surface area contributed by atoms with Gasteiger partial charge in [-0.1, -0.05) is 17.8 Å². The lowest BCUT2D eigenvalue weighted by atomic mass is 10.2. The molecule has 0 atom stereocenters. The lowest BCUT2D eigenvalue weighted by molar-refractivity contribution is -0.115. The minimum Gasteiger partial charge on any atom is -0.321 e. The van der Waals surface area contributed by atoms with Gasteiger partial charge in [0, 0.05) is 4.88 Å². The Morgan fingerprint density at radius 2 is 2.05 bits per heavy atom. The highest BCUT2D eigenvalue weighted by atomic mass is 32.2. The number of carbonyl (C=O) groups is 1. The standard InChI is InChI=1S/C13H12F2N2OS2/c1-7-10(20-13(16-7)19-2)6-11(18)17-12-8(14)4-3-5-9(12)15/h3-5H,6H2,1-2H3,(H,17,18). The fourth-order valence-electron chi connectivity index (χ4n) is 1.60. The van der Waals surface area contributed by atoms with E-state index in [1.807, 2.05) is 13.2 Å². The maximum Gasteiger partial charge on any atom is 0.229 e. The number of thiazole rings is 1. The number of nitrogens with zero attached hydrogens (tertiary/aromatic N) is 1. The van der Waals surface area contributed by atoms with E-state index in [0.717, 1.165) is 27.0 Å². The van der Waals surface area contributed by atoms with Crippen molar-refractivity contribution in [3.8, 4) is 0 Å². The predicted molar refractivity (Wildman–Crippen MR) is 77.3 cm³/mol. The van der Waals surface area contributed by atoms with Gasteiger partial charge in [0.1, 0.15) is 21.7 Å². The number of para-hydroxylation sites is 1. The first-order valence-corrected chi connectivity index (χ1v) is 7.79. The van der Waals surface area contributed by atoms with Gasteiger partial charge in [-0.05, 0) is 25.3 Å². The van der Waals surface area contributed by atoms with Crippen molar-refractivity contribution in [3.63, 3.8) is 0 Å². The third-order valence-corrected chi connectivity index (χ3v) is 4.74. The molecular weight excluding hydrogens is 302 g/mol. The fourth-order valence-corrected chi connectivity index (χ4v) is 3.25. The Hall–Kier alpha value is -1.47. The van der Waals surface area contributed by atoms with Gasteiger partial charge in [-0.25, -0.2) is 13.8 Å². The number of hydrogen-bond acceptors (Lipinski definition) is 4. The molecule has 0 aliphatic rings. The van der Waals surface area contributed by atoms with E-state index in [9.17, 15) is 13.6 Å². The van der Waals surface area contributed by atoms with Crippen molar-refractivity contribution >= 4 is 34.7 Å². The van der Waals surface area contributed by atoms with Gasteiger partial charge in [0.2, 0.25) is 5.91 Å². The molecular formula is C13H12F2N2OS2. The first kappa shape index (κ1) is 14.9. The molecule has 1 aromatic carbocycles. The van der Waals surface area contributed by atoms with Gasteiger partial charge >= 0.3 is 0 Å². The number of benzene rings is 1. The molecule has 3 nitrogen and oxygen atoms in total. The molecule has 0 radical (unpaired) electrons. The van der Waals surface area contributed by atoms with E-state index < -0.39 is 23.2 Å². The second-order valence-corrected chi connectivity index (χ2v) is 6.15. The van der Waals surface area contributed by atoms with Gasteiger partial charge < -0.3 is 5.32 Å². The van der Waals surface area contributed by atoms with E-state index in [2.05, 4.69) is 10.3 Å². The zero-order valence-corrected chi connectivity index (χ0v) is 12.5. The van der Waals surface area contributed by atoms with Gasteiger partial charge in [0.15, 0.2) is 0 Å². The van der Waals surface area contributed by atoms with Crippen molar-refractivity contribution in [2.24, 2.45) is 0 Å². The van der Waals surface area contributed by atoms with Crippen LogP contribution < -0.4 is 5.32 Å². The normalized spacial score (nSPS) is 10.6. The maximum absolute atomic E-state index is 13.4. The highest BCUT2D eigenvalue weighted by molar-refractivity contribution is 8.00. The first-order valence-electron chi connectivity index (χ1n) is 5.75. The number of aryl methyl sites for hydroxylation is 1. The monoisotopic (exact) mass is 314 g/mol. The summed E-state index contributed by atoms with van der Waals surface area (Å²) < 4.78 is 27.7. The van der Waals surface area contributed by atoms with Gasteiger partial charge in [-0.3, -0.25) is 4.79 Å². The lowest BCUT2D eigenvalue weighted by Gasteiger charge is -2.06. The highest BCUT2D eigenvalue weighted by Crippen LogP contribution is 2.26.